The van der Waals surface area contributed by atoms with Gasteiger partial charge in [-0.1, -0.05) is 25.2 Å². The van der Waals surface area contributed by atoms with E-state index in [0.29, 0.717) is 11.4 Å². The summed E-state index contributed by atoms with van der Waals surface area (Å²) < 4.78 is 13.8. The molecule has 0 fully saturated rings. The number of benzene rings is 2. The van der Waals surface area contributed by atoms with Crippen LogP contribution in [0.5, 0.6) is 0 Å². The Bertz CT molecular complexity index is 1040. The van der Waals surface area contributed by atoms with Gasteiger partial charge in [0.2, 0.25) is 0 Å². The van der Waals surface area contributed by atoms with Gasteiger partial charge in [0.1, 0.15) is 5.69 Å². The summed E-state index contributed by atoms with van der Waals surface area (Å²) in [6, 6.07) is 12.2. The number of thiocarbonyl (C=S) groups is 1. The fourth-order valence-corrected chi connectivity index (χ4v) is 2.59. The van der Waals surface area contributed by atoms with Crippen molar-refractivity contribution in [3.63, 3.8) is 0 Å². The first kappa shape index (κ1) is 18.6. The van der Waals surface area contributed by atoms with Gasteiger partial charge in [-0.05, 0) is 66.7 Å². The summed E-state index contributed by atoms with van der Waals surface area (Å²) in [5.41, 5.74) is 3.61. The van der Waals surface area contributed by atoms with Crippen molar-refractivity contribution in [2.45, 2.75) is 19.8 Å². The van der Waals surface area contributed by atoms with Crippen LogP contribution in [0.4, 0.5) is 10.1 Å². The normalized spacial score (nSPS) is 9.85. The van der Waals surface area contributed by atoms with Crippen molar-refractivity contribution in [2.75, 3.05) is 0 Å². The van der Waals surface area contributed by atoms with Crippen LogP contribution in [0.2, 0.25) is 0 Å². The third-order valence-electron chi connectivity index (χ3n) is 3.85. The SMILES string of the molecule is CCCc1cnc(-c2ccc(C#Cc3ccc(N=C=S)c(F)c3)cc2)nc1. The maximum Gasteiger partial charge on any atom is 0.159 e. The van der Waals surface area contributed by atoms with Gasteiger partial charge < -0.3 is 0 Å². The number of rotatable bonds is 4. The molecule has 2 aromatic carbocycles. The Morgan fingerprint density at radius 1 is 1.00 bits per heavy atom. The lowest BCUT2D eigenvalue weighted by molar-refractivity contribution is 0.629. The number of aryl methyl sites for hydroxylation is 1. The first-order valence-corrected chi connectivity index (χ1v) is 8.91. The highest BCUT2D eigenvalue weighted by Gasteiger charge is 2.02. The van der Waals surface area contributed by atoms with Crippen molar-refractivity contribution in [1.82, 2.24) is 9.97 Å². The van der Waals surface area contributed by atoms with E-state index in [1.54, 1.807) is 6.07 Å². The minimum absolute atomic E-state index is 0.157. The molecule has 0 saturated carbocycles. The molecule has 0 N–H and O–H groups in total. The Morgan fingerprint density at radius 2 is 1.67 bits per heavy atom. The molecule has 3 nitrogen and oxygen atoms in total. The Hall–Kier alpha value is -3.19. The molecule has 0 radical (unpaired) electrons. The van der Waals surface area contributed by atoms with E-state index in [2.05, 4.69) is 51.1 Å². The van der Waals surface area contributed by atoms with Crippen LogP contribution in [-0.4, -0.2) is 15.1 Å². The smallest absolute Gasteiger partial charge is 0.159 e. The summed E-state index contributed by atoms with van der Waals surface area (Å²) in [5, 5.41) is 2.15. The molecule has 1 heterocycles. The van der Waals surface area contributed by atoms with Crippen molar-refractivity contribution in [3.8, 4) is 23.2 Å². The predicted molar refractivity (Wildman–Crippen MR) is 109 cm³/mol. The summed E-state index contributed by atoms with van der Waals surface area (Å²) >= 11 is 4.49. The summed E-state index contributed by atoms with van der Waals surface area (Å²) in [7, 11) is 0. The van der Waals surface area contributed by atoms with E-state index < -0.39 is 5.82 Å². The summed E-state index contributed by atoms with van der Waals surface area (Å²) in [6.07, 6.45) is 5.79. The minimum Gasteiger partial charge on any atom is -0.236 e. The van der Waals surface area contributed by atoms with E-state index in [0.717, 1.165) is 29.5 Å². The number of halogens is 1. The van der Waals surface area contributed by atoms with Gasteiger partial charge in [-0.3, -0.25) is 0 Å². The Balaban J connectivity index is 1.76. The maximum absolute atomic E-state index is 13.8. The van der Waals surface area contributed by atoms with E-state index in [4.69, 9.17) is 0 Å². The van der Waals surface area contributed by atoms with Crippen molar-refractivity contribution < 1.29 is 4.39 Å². The average Bonchev–Trinajstić information content (AvgIpc) is 2.70. The van der Waals surface area contributed by atoms with Crippen LogP contribution in [0.25, 0.3) is 11.4 Å². The molecule has 0 bridgehead atoms. The standard InChI is InChI=1S/C22H16FN3S/c1-2-3-18-13-24-22(25-14-18)19-9-6-16(7-10-19)4-5-17-8-11-21(26-15-27)20(23)12-17/h6-14H,2-3H2,1H3. The van der Waals surface area contributed by atoms with Crippen molar-refractivity contribution in [1.29, 1.82) is 0 Å². The third-order valence-corrected chi connectivity index (χ3v) is 3.94. The lowest BCUT2D eigenvalue weighted by Crippen LogP contribution is -1.92. The fourth-order valence-electron chi connectivity index (χ4n) is 2.49. The number of isothiocyanates is 1. The van der Waals surface area contributed by atoms with E-state index >= 15 is 0 Å². The monoisotopic (exact) mass is 373 g/mol. The van der Waals surface area contributed by atoms with Crippen LogP contribution in [0.15, 0.2) is 59.9 Å². The molecule has 0 aliphatic heterocycles. The maximum atomic E-state index is 13.8. The molecule has 0 spiro atoms. The van der Waals surface area contributed by atoms with E-state index in [1.807, 2.05) is 36.7 Å². The largest absolute Gasteiger partial charge is 0.236 e. The quantitative estimate of drug-likeness (QED) is 0.351. The number of nitrogens with zero attached hydrogens (tertiary/aromatic N) is 3. The van der Waals surface area contributed by atoms with E-state index in [9.17, 15) is 4.39 Å². The second-order valence-electron chi connectivity index (χ2n) is 5.86. The highest BCUT2D eigenvalue weighted by Crippen LogP contribution is 2.18. The van der Waals surface area contributed by atoms with Gasteiger partial charge in [0, 0.05) is 29.1 Å². The van der Waals surface area contributed by atoms with Crippen LogP contribution in [-0.2, 0) is 6.42 Å². The highest BCUT2D eigenvalue weighted by atomic mass is 32.1. The van der Waals surface area contributed by atoms with Crippen LogP contribution >= 0.6 is 12.2 Å². The molecule has 0 aliphatic rings. The molecule has 0 amide bonds. The first-order valence-electron chi connectivity index (χ1n) is 8.50. The predicted octanol–water partition coefficient (Wildman–Crippen LogP) is 5.37. The Morgan fingerprint density at radius 3 is 2.30 bits per heavy atom. The molecule has 0 saturated heterocycles. The van der Waals surface area contributed by atoms with Gasteiger partial charge in [-0.15, -0.1) is 0 Å². The van der Waals surface area contributed by atoms with Gasteiger partial charge in [0.05, 0.1) is 5.16 Å². The van der Waals surface area contributed by atoms with Crippen LogP contribution in [0.3, 0.4) is 0 Å². The molecule has 0 aliphatic carbocycles. The van der Waals surface area contributed by atoms with Gasteiger partial charge in [-0.2, -0.15) is 4.99 Å². The van der Waals surface area contributed by atoms with Gasteiger partial charge >= 0.3 is 0 Å². The second kappa shape index (κ2) is 8.95. The number of hydrogen-bond donors (Lipinski definition) is 0. The van der Waals surface area contributed by atoms with Gasteiger partial charge in [-0.25, -0.2) is 14.4 Å². The van der Waals surface area contributed by atoms with E-state index in [1.165, 1.54) is 12.1 Å². The Kier molecular flexibility index (Phi) is 6.17. The molecule has 3 aromatic rings. The number of hydrogen-bond acceptors (Lipinski definition) is 4. The first-order chi connectivity index (χ1) is 13.2. The molecule has 27 heavy (non-hydrogen) atoms. The zero-order valence-electron chi connectivity index (χ0n) is 14.7. The summed E-state index contributed by atoms with van der Waals surface area (Å²) in [5.74, 6) is 6.17. The zero-order chi connectivity index (χ0) is 19.1. The molecular weight excluding hydrogens is 357 g/mol. The van der Waals surface area contributed by atoms with Crippen molar-refractivity contribution in [2.24, 2.45) is 4.99 Å². The summed E-state index contributed by atoms with van der Waals surface area (Å²) in [4.78, 5) is 12.5. The lowest BCUT2D eigenvalue weighted by atomic mass is 10.1. The number of aromatic nitrogens is 2. The average molecular weight is 373 g/mol. The van der Waals surface area contributed by atoms with Crippen LogP contribution in [0.1, 0.15) is 30.0 Å². The van der Waals surface area contributed by atoms with Crippen LogP contribution in [0, 0.1) is 17.7 Å². The van der Waals surface area contributed by atoms with Crippen molar-refractivity contribution >= 4 is 23.1 Å². The molecule has 1 aromatic heterocycles. The van der Waals surface area contributed by atoms with E-state index in [-0.39, 0.29) is 5.69 Å². The number of aliphatic imine (C=N–C) groups is 1. The lowest BCUT2D eigenvalue weighted by Gasteiger charge is -2.02. The molecule has 132 valence electrons. The Labute approximate surface area is 163 Å². The molecular formula is C22H16FN3S. The van der Waals surface area contributed by atoms with Crippen molar-refractivity contribution in [3.05, 3.63) is 77.4 Å². The second-order valence-corrected chi connectivity index (χ2v) is 6.04. The summed E-state index contributed by atoms with van der Waals surface area (Å²) in [6.45, 7) is 2.13. The van der Waals surface area contributed by atoms with Gasteiger partial charge in [0.15, 0.2) is 11.6 Å². The highest BCUT2D eigenvalue weighted by molar-refractivity contribution is 7.78. The molecule has 5 heteroatoms. The fraction of sp³-hybridized carbons (Fsp3) is 0.136. The molecule has 3 rings (SSSR count). The molecule has 0 atom stereocenters. The van der Waals surface area contributed by atoms with Crippen LogP contribution < -0.4 is 0 Å². The minimum atomic E-state index is -0.474. The third kappa shape index (κ3) is 4.92. The topological polar surface area (TPSA) is 38.1 Å². The van der Waals surface area contributed by atoms with Gasteiger partial charge in [0.25, 0.3) is 0 Å². The zero-order valence-corrected chi connectivity index (χ0v) is 15.6. The molecule has 0 unspecified atom stereocenters.